The predicted octanol–water partition coefficient (Wildman–Crippen LogP) is 2.60. The van der Waals surface area contributed by atoms with Gasteiger partial charge in [0.25, 0.3) is 5.09 Å². The van der Waals surface area contributed by atoms with Crippen molar-refractivity contribution >= 4 is 11.8 Å². The third kappa shape index (κ3) is 2.58. The van der Waals surface area contributed by atoms with Crippen molar-refractivity contribution in [2.75, 3.05) is 0 Å². The maximum atomic E-state index is 12.6. The van der Waals surface area contributed by atoms with E-state index in [-0.39, 0.29) is 41.5 Å². The lowest BCUT2D eigenvalue weighted by atomic mass is 9.42. The summed E-state index contributed by atoms with van der Waals surface area (Å²) in [7, 11) is 0. The highest BCUT2D eigenvalue weighted by Gasteiger charge is 2.80. The Morgan fingerprint density at radius 1 is 1.09 bits per heavy atom. The van der Waals surface area contributed by atoms with E-state index in [9.17, 15) is 24.8 Å². The average Bonchev–Trinajstić information content (AvgIpc) is 3.36. The van der Waals surface area contributed by atoms with Gasteiger partial charge in [-0.3, -0.25) is 9.59 Å². The number of aliphatic hydroxyl groups is 1. The molecule has 10 atom stereocenters. The van der Waals surface area contributed by atoms with Crippen molar-refractivity contribution in [3.8, 4) is 0 Å². The molecular weight excluding hydrogens is 418 g/mol. The predicted molar refractivity (Wildman–Crippen MR) is 110 cm³/mol. The second kappa shape index (κ2) is 6.65. The molecule has 0 aromatic heterocycles. The molecule has 9 heteroatoms. The second-order valence-electron chi connectivity index (χ2n) is 11.3. The number of rotatable bonds is 4. The number of hydrogen-bond acceptors (Lipinski definition) is 8. The summed E-state index contributed by atoms with van der Waals surface area (Å²) in [4.78, 5) is 40.7. The molecule has 1 N–H and O–H groups in total. The van der Waals surface area contributed by atoms with Crippen LogP contribution in [0.1, 0.15) is 72.6 Å². The maximum absolute atomic E-state index is 12.6. The number of ether oxygens (including phenoxy) is 2. The monoisotopic (exact) mass is 451 g/mol. The van der Waals surface area contributed by atoms with Gasteiger partial charge < -0.3 is 19.4 Å². The molecule has 1 saturated heterocycles. The minimum atomic E-state index is -1.47. The van der Waals surface area contributed by atoms with Gasteiger partial charge in [0, 0.05) is 24.2 Å². The van der Waals surface area contributed by atoms with E-state index in [0.29, 0.717) is 19.3 Å². The highest BCUT2D eigenvalue weighted by atomic mass is 17.0. The summed E-state index contributed by atoms with van der Waals surface area (Å²) in [5, 5.41) is 22.6. The number of Topliss-reactive ketones (excluding diaryl/α,β-unsaturated/α-hetero) is 1. The van der Waals surface area contributed by atoms with E-state index in [1.165, 1.54) is 6.92 Å². The number of carbonyl (C=O) groups is 2. The van der Waals surface area contributed by atoms with Crippen LogP contribution in [0.3, 0.4) is 0 Å². The largest absolute Gasteiger partial charge is 0.462 e. The van der Waals surface area contributed by atoms with Crippen LogP contribution in [-0.4, -0.2) is 51.5 Å². The molecule has 0 unspecified atom stereocenters. The first-order chi connectivity index (χ1) is 14.9. The summed E-state index contributed by atoms with van der Waals surface area (Å²) < 4.78 is 11.4. The van der Waals surface area contributed by atoms with E-state index in [1.807, 2.05) is 6.92 Å². The Kier molecular flexibility index (Phi) is 4.59. The van der Waals surface area contributed by atoms with Crippen molar-refractivity contribution in [3.05, 3.63) is 10.1 Å². The summed E-state index contributed by atoms with van der Waals surface area (Å²) >= 11 is 0. The van der Waals surface area contributed by atoms with Crippen LogP contribution in [0, 0.1) is 38.7 Å². The normalized spacial score (nSPS) is 53.2. The lowest BCUT2D eigenvalue weighted by Gasteiger charge is -2.65. The molecule has 4 saturated carbocycles. The van der Waals surface area contributed by atoms with Gasteiger partial charge in [-0.25, -0.2) is 0 Å². The van der Waals surface area contributed by atoms with E-state index >= 15 is 0 Å². The van der Waals surface area contributed by atoms with Gasteiger partial charge in [-0.15, -0.1) is 10.1 Å². The molecule has 0 amide bonds. The van der Waals surface area contributed by atoms with E-state index in [1.54, 1.807) is 6.92 Å². The number of ketones is 1. The third-order valence-electron chi connectivity index (χ3n) is 10.3. The van der Waals surface area contributed by atoms with Crippen molar-refractivity contribution in [1.29, 1.82) is 0 Å². The highest BCUT2D eigenvalue weighted by Crippen LogP contribution is 2.74. The van der Waals surface area contributed by atoms with E-state index in [2.05, 4.69) is 6.92 Å². The zero-order chi connectivity index (χ0) is 23.3. The van der Waals surface area contributed by atoms with Gasteiger partial charge in [0.05, 0.1) is 6.10 Å². The SMILES string of the molecule is CC(=O)O[C@H]1CC[C@]2(C)[C@H]3CC[C@@]4(C)[C@@H](C[C@H]5O[C@]54C(C)=O)[C@@H]3C[C@@H](O[N+](=O)[O-])[C@@]2(O)C1. The van der Waals surface area contributed by atoms with Crippen LogP contribution >= 0.6 is 0 Å². The van der Waals surface area contributed by atoms with Crippen molar-refractivity contribution < 1.29 is 34.1 Å². The summed E-state index contributed by atoms with van der Waals surface area (Å²) in [5.74, 6) is 0.0911. The van der Waals surface area contributed by atoms with Crippen LogP contribution < -0.4 is 0 Å². The molecule has 5 aliphatic rings. The van der Waals surface area contributed by atoms with Gasteiger partial charge in [-0.2, -0.15) is 0 Å². The van der Waals surface area contributed by atoms with Crippen LogP contribution in [0.15, 0.2) is 0 Å². The molecule has 1 heterocycles. The van der Waals surface area contributed by atoms with Crippen LogP contribution in [0.5, 0.6) is 0 Å². The molecule has 5 rings (SSSR count). The summed E-state index contributed by atoms with van der Waals surface area (Å²) in [6.07, 6.45) is 2.56. The quantitative estimate of drug-likeness (QED) is 0.299. The Balaban J connectivity index is 1.51. The molecule has 32 heavy (non-hydrogen) atoms. The number of nitrogens with zero attached hydrogens (tertiary/aromatic N) is 1. The van der Waals surface area contributed by atoms with Crippen molar-refractivity contribution in [2.24, 2.45) is 28.6 Å². The minimum Gasteiger partial charge on any atom is -0.462 e. The fourth-order valence-electron chi connectivity index (χ4n) is 8.85. The molecule has 0 radical (unpaired) electrons. The fourth-order valence-corrected chi connectivity index (χ4v) is 8.85. The molecule has 4 aliphatic carbocycles. The maximum Gasteiger partial charge on any atom is 0.302 e. The molecule has 9 nitrogen and oxygen atoms in total. The number of epoxide rings is 1. The second-order valence-corrected chi connectivity index (χ2v) is 11.3. The molecular formula is C23H33NO8. The molecule has 0 bridgehead atoms. The zero-order valence-corrected chi connectivity index (χ0v) is 19.2. The van der Waals surface area contributed by atoms with Crippen LogP contribution in [0.25, 0.3) is 0 Å². The standard InChI is InChI=1S/C23H33NO8/c1-12(25)23-19(31-23)10-17-15-9-18(32-24(28)29)22(27)11-14(30-13(2)26)5-7-20(22,3)16(15)6-8-21(17,23)4/h14-19,27H,5-11H2,1-4H3/t14-,15+,16-,17-,18+,19+,20+,21-,22-,23+/m0/s1. The van der Waals surface area contributed by atoms with Crippen molar-refractivity contribution in [3.63, 3.8) is 0 Å². The van der Waals surface area contributed by atoms with Crippen LogP contribution in [0.4, 0.5) is 0 Å². The third-order valence-corrected chi connectivity index (χ3v) is 10.3. The van der Waals surface area contributed by atoms with Gasteiger partial charge in [0.2, 0.25) is 0 Å². The Morgan fingerprint density at radius 2 is 1.78 bits per heavy atom. The van der Waals surface area contributed by atoms with Gasteiger partial charge in [0.1, 0.15) is 17.8 Å². The molecule has 178 valence electrons. The average molecular weight is 452 g/mol. The first kappa shape index (κ1) is 22.1. The first-order valence-electron chi connectivity index (χ1n) is 11.8. The van der Waals surface area contributed by atoms with Crippen LogP contribution in [-0.2, 0) is 23.9 Å². The van der Waals surface area contributed by atoms with Gasteiger partial charge in [0.15, 0.2) is 11.4 Å². The zero-order valence-electron chi connectivity index (χ0n) is 19.2. The van der Waals surface area contributed by atoms with Crippen LogP contribution in [0.2, 0.25) is 0 Å². The summed E-state index contributed by atoms with van der Waals surface area (Å²) in [6.45, 7) is 7.11. The molecule has 1 aliphatic heterocycles. The molecule has 0 aromatic rings. The summed E-state index contributed by atoms with van der Waals surface area (Å²) in [5.41, 5.74) is -3.09. The first-order valence-corrected chi connectivity index (χ1v) is 11.8. The topological polar surface area (TPSA) is 128 Å². The Morgan fingerprint density at radius 3 is 2.41 bits per heavy atom. The fraction of sp³-hybridized carbons (Fsp3) is 0.913. The van der Waals surface area contributed by atoms with Crippen molar-refractivity contribution in [1.82, 2.24) is 0 Å². The number of fused-ring (bicyclic) bond motifs is 7. The van der Waals surface area contributed by atoms with Gasteiger partial charge in [-0.05, 0) is 63.2 Å². The van der Waals surface area contributed by atoms with Crippen molar-refractivity contribution in [2.45, 2.75) is 102 Å². The Labute approximate surface area is 187 Å². The molecule has 0 spiro atoms. The number of carbonyl (C=O) groups excluding carboxylic acids is 2. The number of esters is 1. The summed E-state index contributed by atoms with van der Waals surface area (Å²) in [6, 6.07) is 0. The molecule has 0 aromatic carbocycles. The van der Waals surface area contributed by atoms with E-state index < -0.39 is 39.9 Å². The lowest BCUT2D eigenvalue weighted by molar-refractivity contribution is -0.775. The molecule has 5 fully saturated rings. The van der Waals surface area contributed by atoms with E-state index in [0.717, 1.165) is 19.3 Å². The minimum absolute atomic E-state index is 0.0723. The van der Waals surface area contributed by atoms with E-state index in [4.69, 9.17) is 14.3 Å². The highest BCUT2D eigenvalue weighted by molar-refractivity contribution is 5.90. The Bertz CT molecular complexity index is 878. The number of hydrogen-bond donors (Lipinski definition) is 1. The lowest BCUT2D eigenvalue weighted by Crippen LogP contribution is -2.70. The Hall–Kier alpha value is -1.74. The van der Waals surface area contributed by atoms with Gasteiger partial charge in [-0.1, -0.05) is 13.8 Å². The van der Waals surface area contributed by atoms with Gasteiger partial charge >= 0.3 is 5.97 Å². The smallest absolute Gasteiger partial charge is 0.302 e.